The third-order valence-electron chi connectivity index (χ3n) is 2.90. The number of carboxylic acid groups (broad SMARTS) is 1. The van der Waals surface area contributed by atoms with E-state index in [4.69, 9.17) is 5.11 Å². The first-order chi connectivity index (χ1) is 9.45. The van der Waals surface area contributed by atoms with Crippen LogP contribution in [0, 0.1) is 0 Å². The van der Waals surface area contributed by atoms with E-state index in [1.54, 1.807) is 13.1 Å². The Hall–Kier alpha value is -2.15. The van der Waals surface area contributed by atoms with Gasteiger partial charge in [-0.05, 0) is 18.2 Å². The van der Waals surface area contributed by atoms with Gasteiger partial charge in [0.15, 0.2) is 0 Å². The molecule has 1 N–H and O–H groups in total. The summed E-state index contributed by atoms with van der Waals surface area (Å²) in [5.41, 5.74) is 0. The van der Waals surface area contributed by atoms with Crippen molar-refractivity contribution < 1.29 is 19.5 Å². The van der Waals surface area contributed by atoms with E-state index in [2.05, 4.69) is 0 Å². The summed E-state index contributed by atoms with van der Waals surface area (Å²) in [4.78, 5) is 38.5. The van der Waals surface area contributed by atoms with Crippen molar-refractivity contribution in [1.82, 2.24) is 9.80 Å². The SMILES string of the molecule is CN1CC(=O)N(Cc2ccc(/C=C/C(=O)O)s2)CC1=O. The second kappa shape index (κ2) is 5.87. The Morgan fingerprint density at radius 3 is 2.80 bits per heavy atom. The highest BCUT2D eigenvalue weighted by Gasteiger charge is 2.27. The number of hydrogen-bond acceptors (Lipinski definition) is 4. The average Bonchev–Trinajstić information content (AvgIpc) is 2.81. The molecule has 1 aromatic heterocycles. The maximum absolute atomic E-state index is 11.8. The Morgan fingerprint density at radius 1 is 1.35 bits per heavy atom. The lowest BCUT2D eigenvalue weighted by molar-refractivity contribution is -0.149. The number of hydrogen-bond donors (Lipinski definition) is 1. The van der Waals surface area contributed by atoms with Gasteiger partial charge in [-0.3, -0.25) is 9.59 Å². The summed E-state index contributed by atoms with van der Waals surface area (Å²) in [5, 5.41) is 8.55. The molecular weight excluding hydrogens is 280 g/mol. The first-order valence-electron chi connectivity index (χ1n) is 5.97. The van der Waals surface area contributed by atoms with Crippen molar-refractivity contribution in [2.24, 2.45) is 0 Å². The van der Waals surface area contributed by atoms with Crippen molar-refractivity contribution >= 4 is 35.2 Å². The number of carbonyl (C=O) groups is 3. The number of likely N-dealkylation sites (N-methyl/N-ethyl adjacent to an activating group) is 1. The van der Waals surface area contributed by atoms with E-state index in [-0.39, 0.29) is 24.9 Å². The highest BCUT2D eigenvalue weighted by Crippen LogP contribution is 2.20. The lowest BCUT2D eigenvalue weighted by Gasteiger charge is -2.31. The van der Waals surface area contributed by atoms with Gasteiger partial charge in [-0.15, -0.1) is 11.3 Å². The van der Waals surface area contributed by atoms with Crippen LogP contribution in [0.5, 0.6) is 0 Å². The molecule has 0 spiro atoms. The van der Waals surface area contributed by atoms with Crippen LogP contribution in [0.2, 0.25) is 0 Å². The summed E-state index contributed by atoms with van der Waals surface area (Å²) in [6.07, 6.45) is 2.58. The second-order valence-electron chi connectivity index (χ2n) is 4.48. The van der Waals surface area contributed by atoms with E-state index in [1.165, 1.54) is 27.2 Å². The number of nitrogens with zero attached hydrogens (tertiary/aromatic N) is 2. The van der Waals surface area contributed by atoms with Crippen LogP contribution in [-0.2, 0) is 20.9 Å². The van der Waals surface area contributed by atoms with Crippen molar-refractivity contribution in [3.8, 4) is 0 Å². The maximum atomic E-state index is 11.8. The molecule has 1 aliphatic heterocycles. The van der Waals surface area contributed by atoms with Gasteiger partial charge in [0.25, 0.3) is 0 Å². The molecule has 0 saturated carbocycles. The number of carbonyl (C=O) groups excluding carboxylic acids is 2. The van der Waals surface area contributed by atoms with Gasteiger partial charge in [0.05, 0.1) is 13.1 Å². The van der Waals surface area contributed by atoms with Crippen LogP contribution in [0.4, 0.5) is 0 Å². The monoisotopic (exact) mass is 294 g/mol. The zero-order valence-corrected chi connectivity index (χ0v) is 11.7. The van der Waals surface area contributed by atoms with Crippen LogP contribution in [-0.4, -0.2) is 52.8 Å². The molecule has 2 amide bonds. The topological polar surface area (TPSA) is 77.9 Å². The van der Waals surface area contributed by atoms with Gasteiger partial charge in [0, 0.05) is 22.9 Å². The fourth-order valence-corrected chi connectivity index (χ4v) is 2.75. The van der Waals surface area contributed by atoms with Crippen LogP contribution in [0.25, 0.3) is 6.08 Å². The maximum Gasteiger partial charge on any atom is 0.328 e. The fraction of sp³-hybridized carbons (Fsp3) is 0.308. The minimum Gasteiger partial charge on any atom is -0.478 e. The van der Waals surface area contributed by atoms with Crippen LogP contribution in [0.15, 0.2) is 18.2 Å². The molecule has 2 heterocycles. The normalized spacial score (nSPS) is 16.2. The number of rotatable bonds is 4. The van der Waals surface area contributed by atoms with E-state index in [0.717, 1.165) is 15.8 Å². The molecular formula is C13H14N2O4S. The van der Waals surface area contributed by atoms with Gasteiger partial charge >= 0.3 is 5.97 Å². The molecule has 0 aromatic carbocycles. The van der Waals surface area contributed by atoms with E-state index in [9.17, 15) is 14.4 Å². The van der Waals surface area contributed by atoms with Crippen LogP contribution >= 0.6 is 11.3 Å². The number of carboxylic acids is 1. The largest absolute Gasteiger partial charge is 0.478 e. The first-order valence-corrected chi connectivity index (χ1v) is 6.79. The minimum atomic E-state index is -1.00. The molecule has 2 rings (SSSR count). The standard InChI is InChI=1S/C13H14N2O4S/c1-14-7-12(17)15(8-11(14)16)6-10-3-2-9(20-10)4-5-13(18)19/h2-5H,6-8H2,1H3,(H,18,19)/b5-4+. The molecule has 1 fully saturated rings. The zero-order chi connectivity index (χ0) is 14.7. The van der Waals surface area contributed by atoms with Gasteiger partial charge in [-0.25, -0.2) is 4.79 Å². The number of amides is 2. The Bertz CT molecular complexity index is 579. The Labute approximate surface area is 119 Å². The van der Waals surface area contributed by atoms with Crippen LogP contribution < -0.4 is 0 Å². The van der Waals surface area contributed by atoms with Gasteiger partial charge in [0.1, 0.15) is 6.54 Å². The molecule has 1 aliphatic rings. The summed E-state index contributed by atoms with van der Waals surface area (Å²) in [5.74, 6) is -1.16. The van der Waals surface area contributed by atoms with E-state index in [1.807, 2.05) is 6.07 Å². The third kappa shape index (κ3) is 3.45. The van der Waals surface area contributed by atoms with E-state index >= 15 is 0 Å². The van der Waals surface area contributed by atoms with Gasteiger partial charge in [-0.1, -0.05) is 0 Å². The molecule has 0 radical (unpaired) electrons. The summed E-state index contributed by atoms with van der Waals surface area (Å²) in [7, 11) is 1.61. The molecule has 0 aliphatic carbocycles. The van der Waals surface area contributed by atoms with Crippen molar-refractivity contribution in [3.05, 3.63) is 28.0 Å². The molecule has 106 valence electrons. The van der Waals surface area contributed by atoms with E-state index in [0.29, 0.717) is 6.54 Å². The minimum absolute atomic E-state index is 0.0767. The van der Waals surface area contributed by atoms with Crippen molar-refractivity contribution in [2.75, 3.05) is 20.1 Å². The summed E-state index contributed by atoms with van der Waals surface area (Å²) >= 11 is 1.40. The van der Waals surface area contributed by atoms with Gasteiger partial charge in [0.2, 0.25) is 11.8 Å². The molecule has 1 saturated heterocycles. The highest BCUT2D eigenvalue weighted by atomic mass is 32.1. The summed E-state index contributed by atoms with van der Waals surface area (Å²) in [6, 6.07) is 3.63. The number of aliphatic carboxylic acids is 1. The van der Waals surface area contributed by atoms with Crippen molar-refractivity contribution in [2.45, 2.75) is 6.54 Å². The molecule has 0 bridgehead atoms. The predicted octanol–water partition coefficient (Wildman–Crippen LogP) is 0.646. The predicted molar refractivity (Wildman–Crippen MR) is 74.0 cm³/mol. The lowest BCUT2D eigenvalue weighted by Crippen LogP contribution is -2.51. The van der Waals surface area contributed by atoms with Crippen LogP contribution in [0.3, 0.4) is 0 Å². The summed E-state index contributed by atoms with van der Waals surface area (Å²) in [6.45, 7) is 0.577. The fourth-order valence-electron chi connectivity index (χ4n) is 1.82. The van der Waals surface area contributed by atoms with Crippen LogP contribution in [0.1, 0.15) is 9.75 Å². The van der Waals surface area contributed by atoms with E-state index < -0.39 is 5.97 Å². The molecule has 20 heavy (non-hydrogen) atoms. The zero-order valence-electron chi connectivity index (χ0n) is 10.9. The number of piperazine rings is 1. The molecule has 1 aromatic rings. The number of thiophene rings is 1. The molecule has 6 nitrogen and oxygen atoms in total. The summed E-state index contributed by atoms with van der Waals surface area (Å²) < 4.78 is 0. The molecule has 0 atom stereocenters. The quantitative estimate of drug-likeness (QED) is 0.827. The molecule has 0 unspecified atom stereocenters. The molecule has 7 heteroatoms. The second-order valence-corrected chi connectivity index (χ2v) is 5.68. The first kappa shape index (κ1) is 14.3. The van der Waals surface area contributed by atoms with Crippen molar-refractivity contribution in [1.29, 1.82) is 0 Å². The van der Waals surface area contributed by atoms with Gasteiger partial charge in [-0.2, -0.15) is 0 Å². The smallest absolute Gasteiger partial charge is 0.328 e. The third-order valence-corrected chi connectivity index (χ3v) is 3.93. The Balaban J connectivity index is 2.01. The van der Waals surface area contributed by atoms with Crippen molar-refractivity contribution in [3.63, 3.8) is 0 Å². The Kier molecular flexibility index (Phi) is 4.19. The Morgan fingerprint density at radius 2 is 2.10 bits per heavy atom. The average molecular weight is 294 g/mol. The lowest BCUT2D eigenvalue weighted by atomic mass is 10.3. The van der Waals surface area contributed by atoms with Gasteiger partial charge < -0.3 is 14.9 Å². The highest BCUT2D eigenvalue weighted by molar-refractivity contribution is 7.12.